The Balaban J connectivity index is 2.16. The average molecular weight is 487 g/mol. The summed E-state index contributed by atoms with van der Waals surface area (Å²) < 4.78 is 0. The molecule has 0 atom stereocenters. The van der Waals surface area contributed by atoms with Gasteiger partial charge in [-0.1, -0.05) is 149 Å². The van der Waals surface area contributed by atoms with Gasteiger partial charge in [0, 0.05) is 17.8 Å². The first-order chi connectivity index (χ1) is 17.3. The van der Waals surface area contributed by atoms with Crippen LogP contribution in [0.5, 0.6) is 0 Å². The van der Waals surface area contributed by atoms with Crippen LogP contribution in [0.25, 0.3) is 0 Å². The summed E-state index contributed by atoms with van der Waals surface area (Å²) in [5.74, 6) is 1.09. The van der Waals surface area contributed by atoms with Crippen LogP contribution in [0.1, 0.15) is 186 Å². The normalized spacial score (nSPS) is 11.4. The first kappa shape index (κ1) is 32.1. The minimum atomic E-state index is 1.03. The molecule has 0 unspecified atom stereocenters. The smallest absolute Gasteiger partial charge is 0.128 e. The summed E-state index contributed by atoms with van der Waals surface area (Å²) in [6.45, 7) is 6.84. The molecule has 204 valence electrons. The van der Waals surface area contributed by atoms with Gasteiger partial charge in [-0.15, -0.1) is 0 Å². The number of aromatic nitrogens is 2. The van der Waals surface area contributed by atoms with E-state index < -0.39 is 0 Å². The third kappa shape index (κ3) is 19.9. The van der Waals surface area contributed by atoms with Crippen molar-refractivity contribution in [1.29, 1.82) is 0 Å². The quantitative estimate of drug-likeness (QED) is 0.122. The largest absolute Gasteiger partial charge is 0.238 e. The van der Waals surface area contributed by atoms with Crippen molar-refractivity contribution in [3.05, 3.63) is 23.3 Å². The van der Waals surface area contributed by atoms with Crippen LogP contribution in [0, 0.1) is 0 Å². The molecule has 1 rings (SSSR count). The molecule has 0 amide bonds. The van der Waals surface area contributed by atoms with Crippen LogP contribution in [0.15, 0.2) is 6.07 Å². The van der Waals surface area contributed by atoms with Crippen molar-refractivity contribution >= 4 is 0 Å². The van der Waals surface area contributed by atoms with Gasteiger partial charge in [0.2, 0.25) is 0 Å². The molecule has 1 heterocycles. The predicted octanol–water partition coefficient (Wildman–Crippen LogP) is 11.1. The van der Waals surface area contributed by atoms with Gasteiger partial charge in [0.25, 0.3) is 0 Å². The highest BCUT2D eigenvalue weighted by atomic mass is 14.9. The Morgan fingerprint density at radius 3 is 1.00 bits per heavy atom. The van der Waals surface area contributed by atoms with Crippen LogP contribution in [-0.2, 0) is 19.3 Å². The van der Waals surface area contributed by atoms with Crippen molar-refractivity contribution < 1.29 is 0 Å². The maximum atomic E-state index is 4.90. The molecule has 1 aromatic rings. The highest BCUT2D eigenvalue weighted by Gasteiger charge is 2.05. The number of unbranched alkanes of at least 4 members (excludes halogenated alkanes) is 20. The highest BCUT2D eigenvalue weighted by Crippen LogP contribution is 2.15. The summed E-state index contributed by atoms with van der Waals surface area (Å²) in [5, 5.41) is 0. The second kappa shape index (κ2) is 24.8. The maximum absolute atomic E-state index is 4.90. The number of hydrogen-bond donors (Lipinski definition) is 0. The molecule has 1 aromatic heterocycles. The van der Waals surface area contributed by atoms with Crippen LogP contribution < -0.4 is 0 Å². The molecule has 0 aromatic carbocycles. The summed E-state index contributed by atoms with van der Waals surface area (Å²) in [7, 11) is 0. The molecule has 0 N–H and O–H groups in total. The van der Waals surface area contributed by atoms with Gasteiger partial charge in [0.15, 0.2) is 0 Å². The Morgan fingerprint density at radius 1 is 0.371 bits per heavy atom. The Hall–Kier alpha value is -0.920. The Bertz CT molecular complexity index is 524. The lowest BCUT2D eigenvalue weighted by Crippen LogP contribution is -2.04. The molecule has 0 fully saturated rings. The molecule has 0 aliphatic carbocycles. The van der Waals surface area contributed by atoms with E-state index in [1.165, 1.54) is 153 Å². The van der Waals surface area contributed by atoms with Gasteiger partial charge in [0.1, 0.15) is 5.82 Å². The molecule has 0 saturated heterocycles. The molecular weight excluding hydrogens is 424 g/mol. The van der Waals surface area contributed by atoms with Crippen LogP contribution in [0.4, 0.5) is 0 Å². The van der Waals surface area contributed by atoms with Crippen LogP contribution in [0.3, 0.4) is 0 Å². The summed E-state index contributed by atoms with van der Waals surface area (Å²) in [4.78, 5) is 9.80. The zero-order chi connectivity index (χ0) is 25.2. The van der Waals surface area contributed by atoms with Gasteiger partial charge >= 0.3 is 0 Å². The molecule has 0 radical (unpaired) electrons. The second-order valence-corrected chi connectivity index (χ2v) is 11.1. The third-order valence-electron chi connectivity index (χ3n) is 7.43. The van der Waals surface area contributed by atoms with E-state index in [0.717, 1.165) is 31.5 Å². The lowest BCUT2D eigenvalue weighted by molar-refractivity contribution is 0.547. The maximum Gasteiger partial charge on any atom is 0.128 e. The average Bonchev–Trinajstić information content (AvgIpc) is 2.86. The number of rotatable bonds is 26. The molecule has 0 aliphatic heterocycles. The fraction of sp³-hybridized carbons (Fsp3) is 0.879. The summed E-state index contributed by atoms with van der Waals surface area (Å²) in [6, 6.07) is 2.33. The zero-order valence-corrected chi connectivity index (χ0v) is 24.4. The Kier molecular flexibility index (Phi) is 22.7. The van der Waals surface area contributed by atoms with E-state index in [1.807, 2.05) is 0 Å². The van der Waals surface area contributed by atoms with Crippen molar-refractivity contribution in [3.63, 3.8) is 0 Å². The fourth-order valence-corrected chi connectivity index (χ4v) is 5.15. The molecule has 0 spiro atoms. The minimum Gasteiger partial charge on any atom is -0.238 e. The lowest BCUT2D eigenvalue weighted by Gasteiger charge is -2.09. The monoisotopic (exact) mass is 486 g/mol. The van der Waals surface area contributed by atoms with Crippen molar-refractivity contribution in [1.82, 2.24) is 9.97 Å². The fourth-order valence-electron chi connectivity index (χ4n) is 5.15. The van der Waals surface area contributed by atoms with E-state index in [2.05, 4.69) is 26.8 Å². The van der Waals surface area contributed by atoms with Gasteiger partial charge in [-0.25, -0.2) is 9.97 Å². The molecule has 0 aliphatic rings. The van der Waals surface area contributed by atoms with Crippen molar-refractivity contribution in [2.24, 2.45) is 0 Å². The molecule has 2 nitrogen and oxygen atoms in total. The summed E-state index contributed by atoms with van der Waals surface area (Å²) in [5.41, 5.74) is 2.61. The second-order valence-electron chi connectivity index (χ2n) is 11.1. The van der Waals surface area contributed by atoms with Gasteiger partial charge in [0.05, 0.1) is 0 Å². The molecule has 2 heteroatoms. The number of nitrogens with zero attached hydrogens (tertiary/aromatic N) is 2. The topological polar surface area (TPSA) is 25.8 Å². The van der Waals surface area contributed by atoms with Gasteiger partial charge in [-0.2, -0.15) is 0 Å². The van der Waals surface area contributed by atoms with E-state index >= 15 is 0 Å². The third-order valence-corrected chi connectivity index (χ3v) is 7.43. The van der Waals surface area contributed by atoms with Crippen molar-refractivity contribution in [3.8, 4) is 0 Å². The summed E-state index contributed by atoms with van der Waals surface area (Å²) in [6.07, 6.45) is 35.3. The molecular formula is C33H62N2. The SMILES string of the molecule is CCCCCCCCCCCCCc1cc(CCCCCCCCCCCCC)nc(CCC)n1. The molecule has 35 heavy (non-hydrogen) atoms. The van der Waals surface area contributed by atoms with Crippen LogP contribution >= 0.6 is 0 Å². The molecule has 0 saturated carbocycles. The van der Waals surface area contributed by atoms with Crippen molar-refractivity contribution in [2.75, 3.05) is 0 Å². The Morgan fingerprint density at radius 2 is 0.686 bits per heavy atom. The number of aryl methyl sites for hydroxylation is 3. The molecule has 0 bridgehead atoms. The van der Waals surface area contributed by atoms with Crippen LogP contribution in [-0.4, -0.2) is 9.97 Å². The minimum absolute atomic E-state index is 1.03. The van der Waals surface area contributed by atoms with Gasteiger partial charge in [-0.3, -0.25) is 0 Å². The van der Waals surface area contributed by atoms with Crippen LogP contribution in [0.2, 0.25) is 0 Å². The van der Waals surface area contributed by atoms with Crippen molar-refractivity contribution in [2.45, 2.75) is 188 Å². The first-order valence-corrected chi connectivity index (χ1v) is 16.2. The Labute approximate surface area is 220 Å². The predicted molar refractivity (Wildman–Crippen MR) is 156 cm³/mol. The zero-order valence-electron chi connectivity index (χ0n) is 24.4. The summed E-state index contributed by atoms with van der Waals surface area (Å²) >= 11 is 0. The van der Waals surface area contributed by atoms with E-state index in [9.17, 15) is 0 Å². The van der Waals surface area contributed by atoms with E-state index in [4.69, 9.17) is 9.97 Å². The van der Waals surface area contributed by atoms with E-state index in [-0.39, 0.29) is 0 Å². The standard InChI is InChI=1S/C33H62N2/c1-4-7-9-11-13-15-17-19-21-23-25-28-31-30-32(35-33(34-31)27-6-3)29-26-24-22-20-18-16-14-12-10-8-5-2/h30H,4-29H2,1-3H3. The number of hydrogen-bond acceptors (Lipinski definition) is 2. The first-order valence-electron chi connectivity index (χ1n) is 16.2. The van der Waals surface area contributed by atoms with E-state index in [0.29, 0.717) is 0 Å². The van der Waals surface area contributed by atoms with Gasteiger partial charge < -0.3 is 0 Å². The lowest BCUT2D eigenvalue weighted by atomic mass is 10.0. The van der Waals surface area contributed by atoms with E-state index in [1.54, 1.807) is 0 Å². The van der Waals surface area contributed by atoms with Gasteiger partial charge in [-0.05, 0) is 38.2 Å². The highest BCUT2D eigenvalue weighted by molar-refractivity contribution is 5.12.